The lowest BCUT2D eigenvalue weighted by Crippen LogP contribution is -2.33. The zero-order valence-corrected chi connectivity index (χ0v) is 11.6. The Bertz CT molecular complexity index is 534. The molecule has 6 nitrogen and oxygen atoms in total. The predicted octanol–water partition coefficient (Wildman–Crippen LogP) is 0.684. The molecule has 1 aromatic heterocycles. The van der Waals surface area contributed by atoms with E-state index in [2.05, 4.69) is 5.32 Å². The van der Waals surface area contributed by atoms with Crippen LogP contribution in [0.3, 0.4) is 0 Å². The first-order valence-electron chi connectivity index (χ1n) is 5.83. The van der Waals surface area contributed by atoms with Gasteiger partial charge in [0.2, 0.25) is 10.0 Å². The molecule has 0 fully saturated rings. The van der Waals surface area contributed by atoms with Crippen molar-refractivity contribution in [3.05, 3.63) is 18.0 Å². The number of aryl methyl sites for hydroxylation is 1. The average Bonchev–Trinajstić information content (AvgIpc) is 2.72. The van der Waals surface area contributed by atoms with Gasteiger partial charge in [-0.05, 0) is 26.3 Å². The first kappa shape index (κ1) is 14.7. The maximum atomic E-state index is 12.0. The van der Waals surface area contributed by atoms with Gasteiger partial charge in [0.25, 0.3) is 5.91 Å². The molecule has 1 amide bonds. The highest BCUT2D eigenvalue weighted by Gasteiger charge is 2.19. The molecule has 1 unspecified atom stereocenters. The van der Waals surface area contributed by atoms with Crippen LogP contribution in [0.1, 0.15) is 37.7 Å². The number of hydrogen-bond donors (Lipinski definition) is 2. The Morgan fingerprint density at radius 2 is 2.11 bits per heavy atom. The summed E-state index contributed by atoms with van der Waals surface area (Å²) in [5, 5.41) is 7.84. The van der Waals surface area contributed by atoms with Crippen molar-refractivity contribution in [3.63, 3.8) is 0 Å². The molecular formula is C11H19N3O3S. The van der Waals surface area contributed by atoms with Crippen LogP contribution < -0.4 is 10.5 Å². The molecule has 0 aromatic carbocycles. The van der Waals surface area contributed by atoms with Crippen molar-refractivity contribution in [2.75, 3.05) is 0 Å². The van der Waals surface area contributed by atoms with Crippen LogP contribution in [-0.2, 0) is 16.6 Å². The second-order valence-corrected chi connectivity index (χ2v) is 5.74. The second kappa shape index (κ2) is 5.53. The summed E-state index contributed by atoms with van der Waals surface area (Å²) in [6.45, 7) is 6.17. The lowest BCUT2D eigenvalue weighted by molar-refractivity contribution is 0.0930. The van der Waals surface area contributed by atoms with Crippen LogP contribution in [0.4, 0.5) is 0 Å². The maximum absolute atomic E-state index is 12.0. The number of sulfonamides is 1. The quantitative estimate of drug-likeness (QED) is 0.826. The first-order valence-corrected chi connectivity index (χ1v) is 7.38. The summed E-state index contributed by atoms with van der Waals surface area (Å²) in [5.74, 6) is -0.291. The summed E-state index contributed by atoms with van der Waals surface area (Å²) in [6, 6.07) is 1.34. The molecule has 0 aliphatic carbocycles. The number of carbonyl (C=O) groups excluding carboxylic acids is 1. The third-order valence-corrected chi connectivity index (χ3v) is 3.64. The SMILES string of the molecule is CCC(C)NC(=O)c1cc(S(N)(=O)=O)cn1CC. The number of nitrogens with two attached hydrogens (primary N) is 1. The van der Waals surface area contributed by atoms with Crippen LogP contribution in [0.2, 0.25) is 0 Å². The molecule has 1 aromatic rings. The van der Waals surface area contributed by atoms with Gasteiger partial charge in [-0.15, -0.1) is 0 Å². The first-order chi connectivity index (χ1) is 8.29. The van der Waals surface area contributed by atoms with Crippen LogP contribution >= 0.6 is 0 Å². The molecule has 0 saturated heterocycles. The summed E-state index contributed by atoms with van der Waals surface area (Å²) in [6.07, 6.45) is 2.18. The number of hydrogen-bond acceptors (Lipinski definition) is 3. The normalized spacial score (nSPS) is 13.3. The van der Waals surface area contributed by atoms with E-state index in [0.717, 1.165) is 6.42 Å². The average molecular weight is 273 g/mol. The molecule has 102 valence electrons. The standard InChI is InChI=1S/C11H19N3O3S/c1-4-8(3)13-11(15)10-6-9(18(12,16)17)7-14(10)5-2/h6-8H,4-5H2,1-3H3,(H,13,15)(H2,12,16,17). The molecular weight excluding hydrogens is 254 g/mol. The molecule has 0 radical (unpaired) electrons. The Labute approximate surface area is 107 Å². The fourth-order valence-corrected chi connectivity index (χ4v) is 2.04. The predicted molar refractivity (Wildman–Crippen MR) is 68.7 cm³/mol. The molecule has 0 aliphatic rings. The number of amides is 1. The molecule has 7 heteroatoms. The van der Waals surface area contributed by atoms with Crippen molar-refractivity contribution in [1.29, 1.82) is 0 Å². The molecule has 1 rings (SSSR count). The zero-order valence-electron chi connectivity index (χ0n) is 10.8. The van der Waals surface area contributed by atoms with E-state index in [0.29, 0.717) is 12.2 Å². The highest BCUT2D eigenvalue weighted by molar-refractivity contribution is 7.89. The van der Waals surface area contributed by atoms with Crippen LogP contribution in [0, 0.1) is 0 Å². The number of aromatic nitrogens is 1. The van der Waals surface area contributed by atoms with Crippen LogP contribution in [0.5, 0.6) is 0 Å². The van der Waals surface area contributed by atoms with Gasteiger partial charge in [-0.25, -0.2) is 13.6 Å². The van der Waals surface area contributed by atoms with Crippen molar-refractivity contribution in [1.82, 2.24) is 9.88 Å². The number of nitrogens with zero attached hydrogens (tertiary/aromatic N) is 1. The van der Waals surface area contributed by atoms with Crippen molar-refractivity contribution < 1.29 is 13.2 Å². The Kier molecular flexibility index (Phi) is 4.53. The zero-order chi connectivity index (χ0) is 13.9. The van der Waals surface area contributed by atoms with Crippen molar-refractivity contribution in [3.8, 4) is 0 Å². The van der Waals surface area contributed by atoms with Gasteiger partial charge in [-0.2, -0.15) is 0 Å². The molecule has 18 heavy (non-hydrogen) atoms. The number of rotatable bonds is 5. The van der Waals surface area contributed by atoms with E-state index < -0.39 is 10.0 Å². The second-order valence-electron chi connectivity index (χ2n) is 4.17. The van der Waals surface area contributed by atoms with E-state index in [4.69, 9.17) is 5.14 Å². The maximum Gasteiger partial charge on any atom is 0.268 e. The lowest BCUT2D eigenvalue weighted by Gasteiger charge is -2.12. The van der Waals surface area contributed by atoms with E-state index in [9.17, 15) is 13.2 Å². The minimum absolute atomic E-state index is 0.0376. The topological polar surface area (TPSA) is 94.2 Å². The highest BCUT2D eigenvalue weighted by atomic mass is 32.2. The largest absolute Gasteiger partial charge is 0.348 e. The molecule has 0 saturated carbocycles. The van der Waals surface area contributed by atoms with Gasteiger partial charge in [0.05, 0.1) is 0 Å². The van der Waals surface area contributed by atoms with Crippen molar-refractivity contribution in [2.24, 2.45) is 5.14 Å². The minimum atomic E-state index is -3.78. The summed E-state index contributed by atoms with van der Waals surface area (Å²) in [4.78, 5) is 11.9. The molecule has 0 bridgehead atoms. The molecule has 0 spiro atoms. The van der Waals surface area contributed by atoms with Gasteiger partial charge in [-0.1, -0.05) is 6.92 Å². The summed E-state index contributed by atoms with van der Waals surface area (Å²) >= 11 is 0. The smallest absolute Gasteiger partial charge is 0.268 e. The number of nitrogens with one attached hydrogen (secondary N) is 1. The summed E-state index contributed by atoms with van der Waals surface area (Å²) < 4.78 is 24.1. The van der Waals surface area contributed by atoms with Crippen LogP contribution in [-0.4, -0.2) is 24.9 Å². The molecule has 3 N–H and O–H groups in total. The lowest BCUT2D eigenvalue weighted by atomic mass is 10.2. The fourth-order valence-electron chi connectivity index (χ4n) is 1.49. The third-order valence-electron chi connectivity index (χ3n) is 2.76. The molecule has 0 aliphatic heterocycles. The van der Waals surface area contributed by atoms with Crippen molar-refractivity contribution in [2.45, 2.75) is 44.7 Å². The molecule has 1 atom stereocenters. The summed E-state index contributed by atoms with van der Waals surface area (Å²) in [5.41, 5.74) is 0.307. The van der Waals surface area contributed by atoms with Gasteiger partial charge in [-0.3, -0.25) is 4.79 Å². The van der Waals surface area contributed by atoms with E-state index in [-0.39, 0.29) is 16.8 Å². The molecule has 1 heterocycles. The Morgan fingerprint density at radius 3 is 2.56 bits per heavy atom. The van der Waals surface area contributed by atoms with Crippen molar-refractivity contribution >= 4 is 15.9 Å². The minimum Gasteiger partial charge on any atom is -0.348 e. The van der Waals surface area contributed by atoms with Gasteiger partial charge in [0, 0.05) is 18.8 Å². The van der Waals surface area contributed by atoms with E-state index >= 15 is 0 Å². The van der Waals surface area contributed by atoms with Gasteiger partial charge in [0.1, 0.15) is 10.6 Å². The number of carbonyl (C=O) groups is 1. The fraction of sp³-hybridized carbons (Fsp3) is 0.545. The highest BCUT2D eigenvalue weighted by Crippen LogP contribution is 2.13. The van der Waals surface area contributed by atoms with E-state index in [1.165, 1.54) is 12.3 Å². The number of primary sulfonamides is 1. The summed E-state index contributed by atoms with van der Waals surface area (Å²) in [7, 11) is -3.78. The van der Waals surface area contributed by atoms with Gasteiger partial charge < -0.3 is 9.88 Å². The van der Waals surface area contributed by atoms with Gasteiger partial charge >= 0.3 is 0 Å². The van der Waals surface area contributed by atoms with Gasteiger partial charge in [0.15, 0.2) is 0 Å². The Morgan fingerprint density at radius 1 is 1.50 bits per heavy atom. The Balaban J connectivity index is 3.08. The third kappa shape index (κ3) is 3.33. The van der Waals surface area contributed by atoms with E-state index in [1.54, 1.807) is 4.57 Å². The monoisotopic (exact) mass is 273 g/mol. The Hall–Kier alpha value is -1.34. The van der Waals surface area contributed by atoms with Crippen LogP contribution in [0.25, 0.3) is 0 Å². The van der Waals surface area contributed by atoms with Crippen LogP contribution in [0.15, 0.2) is 17.2 Å². The van der Waals surface area contributed by atoms with E-state index in [1.807, 2.05) is 20.8 Å².